The summed E-state index contributed by atoms with van der Waals surface area (Å²) in [6, 6.07) is 23.3. The summed E-state index contributed by atoms with van der Waals surface area (Å²) in [6.45, 7) is 4.94. The fourth-order valence-electron chi connectivity index (χ4n) is 4.25. The lowest BCUT2D eigenvalue weighted by atomic mass is 9.98. The topological polar surface area (TPSA) is 67.9 Å². The Morgan fingerprint density at radius 2 is 1.66 bits per heavy atom. The molecule has 6 heteroatoms. The van der Waals surface area contributed by atoms with Crippen molar-refractivity contribution in [1.82, 2.24) is 4.90 Å². The van der Waals surface area contributed by atoms with Gasteiger partial charge in [0, 0.05) is 43.4 Å². The van der Waals surface area contributed by atoms with Crippen molar-refractivity contribution >= 4 is 17.4 Å². The zero-order valence-electron chi connectivity index (χ0n) is 20.3. The minimum Gasteiger partial charge on any atom is -0.380 e. The van der Waals surface area contributed by atoms with Crippen molar-refractivity contribution in [1.29, 1.82) is 0 Å². The zero-order valence-corrected chi connectivity index (χ0v) is 20.3. The Balaban J connectivity index is 1.46. The van der Waals surface area contributed by atoms with Gasteiger partial charge in [-0.3, -0.25) is 14.5 Å². The van der Waals surface area contributed by atoms with Crippen LogP contribution in [-0.2, 0) is 27.3 Å². The molecule has 4 rings (SSSR count). The van der Waals surface area contributed by atoms with E-state index in [1.54, 1.807) is 19.2 Å². The van der Waals surface area contributed by atoms with Crippen LogP contribution in [0.3, 0.4) is 0 Å². The fraction of sp³-hybridized carbons (Fsp3) is 0.310. The monoisotopic (exact) mass is 472 g/mol. The molecule has 0 aromatic heterocycles. The SMILES string of the molecule is COCc1ccc(C(=O)Cc2ccc(-c3ccccc3)cc2)cc1NC(=O)C(C)N1CCOCC1. The van der Waals surface area contributed by atoms with Gasteiger partial charge in [-0.25, -0.2) is 0 Å². The average molecular weight is 473 g/mol. The molecule has 1 fully saturated rings. The van der Waals surface area contributed by atoms with Crippen LogP contribution in [0.25, 0.3) is 11.1 Å². The van der Waals surface area contributed by atoms with Crippen LogP contribution in [0.1, 0.15) is 28.4 Å². The van der Waals surface area contributed by atoms with Crippen molar-refractivity contribution in [2.24, 2.45) is 0 Å². The third-order valence-electron chi connectivity index (χ3n) is 6.39. The van der Waals surface area contributed by atoms with Gasteiger partial charge < -0.3 is 14.8 Å². The molecule has 0 bridgehead atoms. The highest BCUT2D eigenvalue weighted by Gasteiger charge is 2.24. The molecular weight excluding hydrogens is 440 g/mol. The van der Waals surface area contributed by atoms with Crippen LogP contribution in [0.4, 0.5) is 5.69 Å². The van der Waals surface area contributed by atoms with Crippen LogP contribution in [0.2, 0.25) is 0 Å². The Kier molecular flexibility index (Phi) is 8.42. The van der Waals surface area contributed by atoms with E-state index in [9.17, 15) is 9.59 Å². The molecule has 1 N–H and O–H groups in total. The van der Waals surface area contributed by atoms with Gasteiger partial charge in [0.2, 0.25) is 5.91 Å². The van der Waals surface area contributed by atoms with Gasteiger partial charge in [0.05, 0.1) is 25.9 Å². The largest absolute Gasteiger partial charge is 0.380 e. The molecule has 1 heterocycles. The molecule has 0 spiro atoms. The number of ketones is 1. The van der Waals surface area contributed by atoms with Crippen molar-refractivity contribution in [2.45, 2.75) is 26.0 Å². The van der Waals surface area contributed by atoms with Crippen LogP contribution in [0.5, 0.6) is 0 Å². The second-order valence-electron chi connectivity index (χ2n) is 8.78. The van der Waals surface area contributed by atoms with Gasteiger partial charge >= 0.3 is 0 Å². The first-order valence-electron chi connectivity index (χ1n) is 12.0. The van der Waals surface area contributed by atoms with Gasteiger partial charge in [0.15, 0.2) is 5.78 Å². The molecule has 6 nitrogen and oxygen atoms in total. The van der Waals surface area contributed by atoms with E-state index in [1.807, 2.05) is 55.5 Å². The number of benzene rings is 3. The summed E-state index contributed by atoms with van der Waals surface area (Å²) in [4.78, 5) is 28.2. The van der Waals surface area contributed by atoms with Gasteiger partial charge in [0.1, 0.15) is 0 Å². The van der Waals surface area contributed by atoms with E-state index in [2.05, 4.69) is 22.3 Å². The Morgan fingerprint density at radius 3 is 2.34 bits per heavy atom. The molecule has 1 amide bonds. The number of amides is 1. The molecule has 0 saturated carbocycles. The molecule has 0 radical (unpaired) electrons. The maximum atomic E-state index is 13.1. The zero-order chi connectivity index (χ0) is 24.6. The molecular formula is C29H32N2O4. The smallest absolute Gasteiger partial charge is 0.241 e. The second-order valence-corrected chi connectivity index (χ2v) is 8.78. The van der Waals surface area contributed by atoms with Crippen molar-refractivity contribution in [2.75, 3.05) is 38.7 Å². The predicted octanol–water partition coefficient (Wildman–Crippen LogP) is 4.58. The number of ether oxygens (including phenoxy) is 2. The number of rotatable bonds is 9. The number of Topliss-reactive ketones (excluding diaryl/α,β-unsaturated/α-hetero) is 1. The van der Waals surface area contributed by atoms with E-state index < -0.39 is 0 Å². The number of carbonyl (C=O) groups is 2. The van der Waals surface area contributed by atoms with Crippen LogP contribution in [0.15, 0.2) is 72.8 Å². The van der Waals surface area contributed by atoms with Crippen LogP contribution in [-0.4, -0.2) is 56.0 Å². The fourth-order valence-corrected chi connectivity index (χ4v) is 4.25. The summed E-state index contributed by atoms with van der Waals surface area (Å²) in [5.41, 5.74) is 5.21. The summed E-state index contributed by atoms with van der Waals surface area (Å²) in [5.74, 6) is -0.108. The van der Waals surface area contributed by atoms with Gasteiger partial charge in [-0.05, 0) is 29.7 Å². The molecule has 3 aromatic rings. The first-order chi connectivity index (χ1) is 17.0. The number of nitrogens with one attached hydrogen (secondary N) is 1. The van der Waals surface area contributed by atoms with E-state index in [1.165, 1.54) is 0 Å². The lowest BCUT2D eigenvalue weighted by Crippen LogP contribution is -2.47. The standard InChI is InChI=1S/C29H32N2O4/c1-21(31-14-16-35-17-15-31)29(33)30-27-19-25(12-13-26(27)20-34-2)28(32)18-22-8-10-24(11-9-22)23-6-4-3-5-7-23/h3-13,19,21H,14-18,20H2,1-2H3,(H,30,33). The number of hydrogen-bond acceptors (Lipinski definition) is 5. The highest BCUT2D eigenvalue weighted by molar-refractivity contribution is 6.01. The lowest BCUT2D eigenvalue weighted by Gasteiger charge is -2.31. The summed E-state index contributed by atoms with van der Waals surface area (Å²) >= 11 is 0. The molecule has 1 unspecified atom stereocenters. The minimum atomic E-state index is -0.295. The molecule has 1 atom stereocenters. The average Bonchev–Trinajstić information content (AvgIpc) is 2.90. The molecule has 1 aliphatic heterocycles. The summed E-state index contributed by atoms with van der Waals surface area (Å²) in [6.07, 6.45) is 0.288. The normalized spacial score (nSPS) is 14.9. The number of nitrogens with zero attached hydrogens (tertiary/aromatic N) is 1. The third kappa shape index (κ3) is 6.42. The van der Waals surface area contributed by atoms with Crippen LogP contribution >= 0.6 is 0 Å². The summed E-state index contributed by atoms with van der Waals surface area (Å²) < 4.78 is 10.7. The number of morpholine rings is 1. The first kappa shape index (κ1) is 24.8. The second kappa shape index (κ2) is 11.9. The maximum Gasteiger partial charge on any atom is 0.241 e. The summed E-state index contributed by atoms with van der Waals surface area (Å²) in [7, 11) is 1.61. The van der Waals surface area contributed by atoms with Crippen molar-refractivity contribution in [3.8, 4) is 11.1 Å². The molecule has 3 aromatic carbocycles. The third-order valence-corrected chi connectivity index (χ3v) is 6.39. The number of methoxy groups -OCH3 is 1. The predicted molar refractivity (Wildman–Crippen MR) is 138 cm³/mol. The van der Waals surface area contributed by atoms with Crippen molar-refractivity contribution in [3.63, 3.8) is 0 Å². The van der Waals surface area contributed by atoms with E-state index in [0.717, 1.165) is 35.3 Å². The number of anilines is 1. The Morgan fingerprint density at radius 1 is 0.971 bits per heavy atom. The Bertz CT molecular complexity index is 1140. The lowest BCUT2D eigenvalue weighted by molar-refractivity contribution is -0.122. The van der Waals surface area contributed by atoms with Gasteiger partial charge in [-0.15, -0.1) is 0 Å². The Labute approximate surface area is 206 Å². The van der Waals surface area contributed by atoms with Gasteiger partial charge in [-0.2, -0.15) is 0 Å². The van der Waals surface area contributed by atoms with E-state index in [-0.39, 0.29) is 24.2 Å². The molecule has 182 valence electrons. The van der Waals surface area contributed by atoms with Gasteiger partial charge in [-0.1, -0.05) is 66.7 Å². The van der Waals surface area contributed by atoms with E-state index in [0.29, 0.717) is 31.1 Å². The molecule has 1 saturated heterocycles. The first-order valence-corrected chi connectivity index (χ1v) is 12.0. The summed E-state index contributed by atoms with van der Waals surface area (Å²) in [5, 5.41) is 3.02. The minimum absolute atomic E-state index is 0.00171. The highest BCUT2D eigenvalue weighted by Crippen LogP contribution is 2.23. The van der Waals surface area contributed by atoms with Crippen LogP contribution in [0, 0.1) is 0 Å². The van der Waals surface area contributed by atoms with Gasteiger partial charge in [0.25, 0.3) is 0 Å². The number of carbonyl (C=O) groups excluding carboxylic acids is 2. The highest BCUT2D eigenvalue weighted by atomic mass is 16.5. The molecule has 1 aliphatic rings. The number of hydrogen-bond donors (Lipinski definition) is 1. The quantitative estimate of drug-likeness (QED) is 0.462. The molecule has 0 aliphatic carbocycles. The van der Waals surface area contributed by atoms with E-state index in [4.69, 9.17) is 9.47 Å². The van der Waals surface area contributed by atoms with E-state index >= 15 is 0 Å². The maximum absolute atomic E-state index is 13.1. The van der Waals surface area contributed by atoms with Crippen LogP contribution < -0.4 is 5.32 Å². The van der Waals surface area contributed by atoms with Crippen molar-refractivity contribution < 1.29 is 19.1 Å². The molecule has 35 heavy (non-hydrogen) atoms. The Hall–Kier alpha value is -3.32. The van der Waals surface area contributed by atoms with Crippen molar-refractivity contribution in [3.05, 3.63) is 89.5 Å².